The molecule has 2 N–H and O–H groups in total. The molecule has 0 unspecified atom stereocenters. The average molecular weight is 399 g/mol. The first-order valence-corrected chi connectivity index (χ1v) is 0. The van der Waals surface area contributed by atoms with E-state index in [9.17, 15) is 0 Å². The molecule has 0 aliphatic rings. The summed E-state index contributed by atoms with van der Waals surface area (Å²) >= 11 is 0. The maximum absolute atomic E-state index is 0. The fourth-order valence-corrected chi connectivity index (χ4v) is 0. The summed E-state index contributed by atoms with van der Waals surface area (Å²) in [4.78, 5) is 0. The van der Waals surface area contributed by atoms with Gasteiger partial charge in [-0.25, -0.2) is 0 Å². The molecule has 0 aromatic heterocycles. The molecule has 0 amide bonds. The van der Waals surface area contributed by atoms with Gasteiger partial charge in [0.25, 0.3) is 0 Å². The molecular weight excluding hydrogens is 397 g/mol. The standard InChI is InChI=1S/3Co.3Cr.2H2O.2O/h;;;;;;2*1H2;;/q3*+2;;;;;;2*-2/p-2. The molecule has 4 nitrogen and oxygen atoms in total. The van der Waals surface area contributed by atoms with Gasteiger partial charge < -0.3 is 21.9 Å². The Morgan fingerprint density at radius 3 is 0.400 bits per heavy atom. The second-order valence-corrected chi connectivity index (χ2v) is 0. The third-order valence-corrected chi connectivity index (χ3v) is 0. The Morgan fingerprint density at radius 2 is 0.400 bits per heavy atom. The van der Waals surface area contributed by atoms with Crippen LogP contribution < -0.4 is 0 Å². The Balaban J connectivity index is 0. The van der Waals surface area contributed by atoms with E-state index in [1.54, 1.807) is 0 Å². The van der Waals surface area contributed by atoms with Crippen LogP contribution >= 0.6 is 0 Å². The Bertz CT molecular complexity index is 15.7. The number of hydrogen-bond acceptors (Lipinski definition) is 2. The predicted octanol–water partition coefficient (Wildman–Crippen LogP) is -0.606. The normalized spacial score (nSPS) is 0. The molecule has 10 heteroatoms. The Labute approximate surface area is 123 Å². The second-order valence-electron chi connectivity index (χ2n) is 0. The molecule has 71 valence electrons. The second kappa shape index (κ2) is 164. The summed E-state index contributed by atoms with van der Waals surface area (Å²) in [6, 6.07) is 0. The van der Waals surface area contributed by atoms with Gasteiger partial charge in [-0.2, -0.15) is 0 Å². The first kappa shape index (κ1) is 212. The Hall–Kier alpha value is 2.96. The third-order valence-electron chi connectivity index (χ3n) is 0. The number of rotatable bonds is 0. The van der Waals surface area contributed by atoms with Crippen molar-refractivity contribution < 1.29 is 124 Å². The van der Waals surface area contributed by atoms with Gasteiger partial charge >= 0.3 is 50.3 Å². The van der Waals surface area contributed by atoms with E-state index in [4.69, 9.17) is 0 Å². The number of hydrogen-bond donors (Lipinski definition) is 0. The smallest absolute Gasteiger partial charge is 2.00 e. The van der Waals surface area contributed by atoms with E-state index in [0.29, 0.717) is 0 Å². The summed E-state index contributed by atoms with van der Waals surface area (Å²) < 4.78 is 0. The van der Waals surface area contributed by atoms with E-state index in [-0.39, 0.29) is 124 Å². The summed E-state index contributed by atoms with van der Waals surface area (Å²) in [5.41, 5.74) is 0. The van der Waals surface area contributed by atoms with Crippen LogP contribution in [-0.4, -0.2) is 11.0 Å². The molecule has 0 saturated carbocycles. The largest absolute Gasteiger partial charge is 2.00 e. The van der Waals surface area contributed by atoms with Gasteiger partial charge in [0.05, 0.1) is 0 Å². The Morgan fingerprint density at radius 1 is 0.400 bits per heavy atom. The van der Waals surface area contributed by atoms with Crippen LogP contribution in [0.2, 0.25) is 0 Å². The zero-order valence-corrected chi connectivity index (χ0v) is 10.9. The molecule has 0 atom stereocenters. The molecule has 0 bridgehead atoms. The first-order valence-electron chi connectivity index (χ1n) is 0. The van der Waals surface area contributed by atoms with Crippen molar-refractivity contribution in [1.29, 1.82) is 0 Å². The SMILES string of the molecule is [Co+2].[Co+2].[Co+2].[Cr].[Cr].[Cr].[O-2].[O-2].[OH-].[OH-]. The van der Waals surface area contributed by atoms with Crippen LogP contribution in [0.3, 0.4) is 0 Å². The average Bonchev–Trinajstić information content (AvgIpc) is 0. The molecule has 0 aromatic carbocycles. The van der Waals surface area contributed by atoms with Crippen molar-refractivity contribution >= 4 is 0 Å². The molecule has 3 radical (unpaired) electrons. The molecule has 0 fully saturated rings. The third kappa shape index (κ3) is 124. The predicted molar refractivity (Wildman–Crippen MR) is 5.24 cm³/mol. The molecule has 0 saturated heterocycles. The Kier molecular flexibility index (Phi) is 3480. The minimum absolute atomic E-state index is 0. The van der Waals surface area contributed by atoms with Gasteiger partial charge in [0, 0.05) is 52.1 Å². The first-order chi connectivity index (χ1) is 0. The fourth-order valence-electron chi connectivity index (χ4n) is 0. The van der Waals surface area contributed by atoms with Crippen molar-refractivity contribution in [2.24, 2.45) is 0 Å². The van der Waals surface area contributed by atoms with Crippen molar-refractivity contribution in [3.63, 3.8) is 0 Å². The summed E-state index contributed by atoms with van der Waals surface area (Å²) in [5, 5.41) is 0. The topological polar surface area (TPSA) is 117 Å². The molecule has 0 spiro atoms. The van der Waals surface area contributed by atoms with Gasteiger partial charge in [0.2, 0.25) is 0 Å². The minimum Gasteiger partial charge on any atom is -2.00 e. The zero-order chi connectivity index (χ0) is 0. The molecule has 0 aromatic rings. The monoisotopic (exact) mass is 399 g/mol. The van der Waals surface area contributed by atoms with Crippen LogP contribution in [0.25, 0.3) is 0 Å². The molecule has 0 rings (SSSR count). The molecule has 10 heavy (non-hydrogen) atoms. The van der Waals surface area contributed by atoms with E-state index in [1.165, 1.54) is 0 Å². The summed E-state index contributed by atoms with van der Waals surface area (Å²) in [6.45, 7) is 0. The van der Waals surface area contributed by atoms with Crippen LogP contribution in [0.4, 0.5) is 0 Å². The van der Waals surface area contributed by atoms with Crippen LogP contribution in [0.5, 0.6) is 0 Å². The summed E-state index contributed by atoms with van der Waals surface area (Å²) in [6.07, 6.45) is 0. The van der Waals surface area contributed by atoms with Crippen molar-refractivity contribution in [2.45, 2.75) is 0 Å². The van der Waals surface area contributed by atoms with Crippen molar-refractivity contribution in [1.82, 2.24) is 0 Å². The van der Waals surface area contributed by atoms with Gasteiger partial charge in [0.15, 0.2) is 0 Å². The maximum atomic E-state index is 0. The quantitative estimate of drug-likeness (QED) is 0.541. The molecular formula is H2Co3Cr3O4. The minimum atomic E-state index is 0. The van der Waals surface area contributed by atoms with Gasteiger partial charge in [-0.15, -0.1) is 0 Å². The van der Waals surface area contributed by atoms with E-state index in [1.807, 2.05) is 0 Å². The zero-order valence-electron chi connectivity index (χ0n) is 3.94. The summed E-state index contributed by atoms with van der Waals surface area (Å²) in [5.74, 6) is 0. The van der Waals surface area contributed by atoms with Crippen LogP contribution in [0.1, 0.15) is 0 Å². The maximum Gasteiger partial charge on any atom is 2.00 e. The van der Waals surface area contributed by atoms with Gasteiger partial charge in [0.1, 0.15) is 0 Å². The molecule has 0 heterocycles. The van der Waals surface area contributed by atoms with Crippen molar-refractivity contribution in [2.75, 3.05) is 0 Å². The van der Waals surface area contributed by atoms with Crippen molar-refractivity contribution in [3.8, 4) is 0 Å². The van der Waals surface area contributed by atoms with E-state index in [2.05, 4.69) is 0 Å². The van der Waals surface area contributed by atoms with E-state index < -0.39 is 0 Å². The van der Waals surface area contributed by atoms with Crippen LogP contribution in [0, 0.1) is 0 Å². The summed E-state index contributed by atoms with van der Waals surface area (Å²) in [7, 11) is 0. The molecule has 0 aliphatic heterocycles. The van der Waals surface area contributed by atoms with Gasteiger partial charge in [-0.05, 0) is 0 Å². The molecule has 0 aliphatic carbocycles. The van der Waals surface area contributed by atoms with Crippen molar-refractivity contribution in [3.05, 3.63) is 0 Å². The van der Waals surface area contributed by atoms with E-state index >= 15 is 0 Å². The van der Waals surface area contributed by atoms with Crippen LogP contribution in [0.15, 0.2) is 0 Å². The van der Waals surface area contributed by atoms with Crippen LogP contribution in [-0.2, 0) is 113 Å². The van der Waals surface area contributed by atoms with Gasteiger partial charge in [-0.1, -0.05) is 0 Å². The van der Waals surface area contributed by atoms with E-state index in [0.717, 1.165) is 0 Å². The fraction of sp³-hybridized carbons (Fsp3) is 0. The van der Waals surface area contributed by atoms with Gasteiger partial charge in [-0.3, -0.25) is 0 Å².